The van der Waals surface area contributed by atoms with Crippen LogP contribution in [0.25, 0.3) is 0 Å². The van der Waals surface area contributed by atoms with Crippen molar-refractivity contribution in [2.24, 2.45) is 0 Å². The van der Waals surface area contributed by atoms with E-state index in [9.17, 15) is 13.2 Å². The monoisotopic (exact) mass is 369 g/mol. The minimum absolute atomic E-state index is 0.233. The molecule has 8 nitrogen and oxygen atoms in total. The van der Waals surface area contributed by atoms with Gasteiger partial charge in [0, 0.05) is 18.9 Å². The van der Waals surface area contributed by atoms with Gasteiger partial charge in [0.05, 0.1) is 47.9 Å². The molecule has 3 heterocycles. The van der Waals surface area contributed by atoms with Gasteiger partial charge in [0.25, 0.3) is 5.91 Å². The van der Waals surface area contributed by atoms with Gasteiger partial charge < -0.3 is 5.32 Å². The zero-order chi connectivity index (χ0) is 17.3. The van der Waals surface area contributed by atoms with E-state index in [4.69, 9.17) is 11.6 Å². The van der Waals surface area contributed by atoms with E-state index in [2.05, 4.69) is 15.4 Å². The maximum absolute atomic E-state index is 12.1. The van der Waals surface area contributed by atoms with E-state index >= 15 is 0 Å². The molecule has 0 saturated heterocycles. The van der Waals surface area contributed by atoms with Gasteiger partial charge in [-0.1, -0.05) is 11.6 Å². The molecule has 3 rings (SSSR count). The second-order valence-corrected chi connectivity index (χ2v) is 7.87. The molecule has 2 aromatic heterocycles. The standard InChI is InChI=1S/C14H16ClN5O3S/c1-24(22,23)19-4-5-20-11(9-19)6-10(18-20)7-17-14(21)12-2-3-16-8-13(12)15/h2-3,6,8H,4-5,7,9H2,1H3,(H,17,21). The smallest absolute Gasteiger partial charge is 0.253 e. The molecule has 0 saturated carbocycles. The van der Waals surface area contributed by atoms with Crippen LogP contribution in [-0.2, 0) is 29.7 Å². The third kappa shape index (κ3) is 3.58. The van der Waals surface area contributed by atoms with Crippen molar-refractivity contribution in [3.05, 3.63) is 46.5 Å². The minimum Gasteiger partial charge on any atom is -0.346 e. The van der Waals surface area contributed by atoms with Gasteiger partial charge in [-0.05, 0) is 12.1 Å². The van der Waals surface area contributed by atoms with Crippen molar-refractivity contribution in [3.8, 4) is 0 Å². The van der Waals surface area contributed by atoms with Crippen molar-refractivity contribution in [2.45, 2.75) is 19.6 Å². The molecule has 0 spiro atoms. The lowest BCUT2D eigenvalue weighted by Gasteiger charge is -2.25. The molecule has 0 fully saturated rings. The highest BCUT2D eigenvalue weighted by Gasteiger charge is 2.24. The molecule has 24 heavy (non-hydrogen) atoms. The van der Waals surface area contributed by atoms with Crippen LogP contribution in [0.4, 0.5) is 0 Å². The Labute approximate surface area is 144 Å². The van der Waals surface area contributed by atoms with E-state index in [0.29, 0.717) is 24.3 Å². The predicted octanol–water partition coefficient (Wildman–Crippen LogP) is 0.637. The number of amides is 1. The molecule has 0 unspecified atom stereocenters. The van der Waals surface area contributed by atoms with Crippen molar-refractivity contribution in [2.75, 3.05) is 12.8 Å². The normalized spacial score (nSPS) is 15.1. The van der Waals surface area contributed by atoms with Crippen LogP contribution in [0.2, 0.25) is 5.02 Å². The number of hydrogen-bond acceptors (Lipinski definition) is 5. The molecule has 10 heteroatoms. The van der Waals surface area contributed by atoms with Crippen LogP contribution < -0.4 is 5.32 Å². The maximum atomic E-state index is 12.1. The van der Waals surface area contributed by atoms with Gasteiger partial charge in [0.2, 0.25) is 10.0 Å². The molecule has 0 aromatic carbocycles. The molecule has 0 radical (unpaired) electrons. The number of sulfonamides is 1. The quantitative estimate of drug-likeness (QED) is 0.852. The lowest BCUT2D eigenvalue weighted by Crippen LogP contribution is -2.37. The van der Waals surface area contributed by atoms with Crippen LogP contribution >= 0.6 is 11.6 Å². The fraction of sp³-hybridized carbons (Fsp3) is 0.357. The predicted molar refractivity (Wildman–Crippen MR) is 87.9 cm³/mol. The van der Waals surface area contributed by atoms with E-state index < -0.39 is 10.0 Å². The Balaban J connectivity index is 1.67. The number of halogens is 1. The Morgan fingerprint density at radius 3 is 2.92 bits per heavy atom. The number of carbonyl (C=O) groups excluding carboxylic acids is 1. The Hall–Kier alpha value is -1.97. The highest BCUT2D eigenvalue weighted by atomic mass is 35.5. The van der Waals surface area contributed by atoms with Crippen molar-refractivity contribution < 1.29 is 13.2 Å². The lowest BCUT2D eigenvalue weighted by atomic mass is 10.2. The van der Waals surface area contributed by atoms with Crippen molar-refractivity contribution in [1.82, 2.24) is 24.4 Å². The highest BCUT2D eigenvalue weighted by Crippen LogP contribution is 2.17. The molecular formula is C14H16ClN5O3S. The number of nitrogens with one attached hydrogen (secondary N) is 1. The Kier molecular flexibility index (Phi) is 4.57. The number of pyridine rings is 1. The fourth-order valence-corrected chi connectivity index (χ4v) is 3.48. The van der Waals surface area contributed by atoms with Crippen LogP contribution in [-0.4, -0.2) is 46.2 Å². The van der Waals surface area contributed by atoms with Crippen LogP contribution in [0, 0.1) is 0 Å². The average Bonchev–Trinajstić information content (AvgIpc) is 2.94. The summed E-state index contributed by atoms with van der Waals surface area (Å²) in [6.45, 7) is 1.41. The molecular weight excluding hydrogens is 354 g/mol. The Bertz CT molecular complexity index is 880. The minimum atomic E-state index is -3.22. The third-order valence-electron chi connectivity index (χ3n) is 3.73. The number of hydrogen-bond donors (Lipinski definition) is 1. The van der Waals surface area contributed by atoms with E-state index in [1.54, 1.807) is 16.8 Å². The summed E-state index contributed by atoms with van der Waals surface area (Å²) in [6.07, 6.45) is 4.10. The topological polar surface area (TPSA) is 97.2 Å². The molecule has 2 aromatic rings. The molecule has 1 N–H and O–H groups in total. The van der Waals surface area contributed by atoms with Crippen molar-refractivity contribution in [1.29, 1.82) is 0 Å². The second kappa shape index (κ2) is 6.50. The molecule has 0 aliphatic carbocycles. The first-order valence-corrected chi connectivity index (χ1v) is 9.45. The Morgan fingerprint density at radius 2 is 2.21 bits per heavy atom. The summed E-state index contributed by atoms with van der Waals surface area (Å²) >= 11 is 5.94. The fourth-order valence-electron chi connectivity index (χ4n) is 2.50. The summed E-state index contributed by atoms with van der Waals surface area (Å²) in [5, 5.41) is 7.42. The van der Waals surface area contributed by atoms with E-state index in [0.717, 1.165) is 5.69 Å². The first-order chi connectivity index (χ1) is 11.3. The van der Waals surface area contributed by atoms with Gasteiger partial charge in [0.1, 0.15) is 0 Å². The summed E-state index contributed by atoms with van der Waals surface area (Å²) in [7, 11) is -3.22. The van der Waals surface area contributed by atoms with Crippen LogP contribution in [0.5, 0.6) is 0 Å². The number of aromatic nitrogens is 3. The van der Waals surface area contributed by atoms with Gasteiger partial charge >= 0.3 is 0 Å². The summed E-state index contributed by atoms with van der Waals surface area (Å²) in [5.41, 5.74) is 1.82. The zero-order valence-corrected chi connectivity index (χ0v) is 14.5. The van der Waals surface area contributed by atoms with Crippen LogP contribution in [0.1, 0.15) is 21.7 Å². The number of nitrogens with zero attached hydrogens (tertiary/aromatic N) is 4. The summed E-state index contributed by atoms with van der Waals surface area (Å²) < 4.78 is 26.4. The summed E-state index contributed by atoms with van der Waals surface area (Å²) in [6, 6.07) is 3.34. The van der Waals surface area contributed by atoms with E-state index in [1.807, 2.05) is 0 Å². The first kappa shape index (κ1) is 16.9. The molecule has 0 bridgehead atoms. The van der Waals surface area contributed by atoms with E-state index in [1.165, 1.54) is 23.0 Å². The maximum Gasteiger partial charge on any atom is 0.253 e. The number of rotatable bonds is 4. The number of fused-ring (bicyclic) bond motifs is 1. The summed E-state index contributed by atoms with van der Waals surface area (Å²) in [5.74, 6) is -0.314. The number of carbonyl (C=O) groups is 1. The first-order valence-electron chi connectivity index (χ1n) is 7.23. The molecule has 1 aliphatic rings. The third-order valence-corrected chi connectivity index (χ3v) is 5.28. The Morgan fingerprint density at radius 1 is 1.42 bits per heavy atom. The van der Waals surface area contributed by atoms with Crippen molar-refractivity contribution >= 4 is 27.5 Å². The highest BCUT2D eigenvalue weighted by molar-refractivity contribution is 7.88. The van der Waals surface area contributed by atoms with Crippen LogP contribution in [0.3, 0.4) is 0 Å². The van der Waals surface area contributed by atoms with Crippen LogP contribution in [0.15, 0.2) is 24.5 Å². The molecule has 1 amide bonds. The largest absolute Gasteiger partial charge is 0.346 e. The van der Waals surface area contributed by atoms with Gasteiger partial charge in [-0.3, -0.25) is 14.5 Å². The second-order valence-electron chi connectivity index (χ2n) is 5.48. The SMILES string of the molecule is CS(=O)(=O)N1CCn2nc(CNC(=O)c3ccncc3Cl)cc2C1. The zero-order valence-electron chi connectivity index (χ0n) is 12.9. The molecule has 128 valence electrons. The lowest BCUT2D eigenvalue weighted by molar-refractivity contribution is 0.0950. The summed E-state index contributed by atoms with van der Waals surface area (Å²) in [4.78, 5) is 16.0. The van der Waals surface area contributed by atoms with Gasteiger partial charge in [-0.2, -0.15) is 9.40 Å². The van der Waals surface area contributed by atoms with Gasteiger partial charge in [-0.15, -0.1) is 0 Å². The average molecular weight is 370 g/mol. The molecule has 0 atom stereocenters. The van der Waals surface area contributed by atoms with Gasteiger partial charge in [-0.25, -0.2) is 8.42 Å². The van der Waals surface area contributed by atoms with Gasteiger partial charge in [0.15, 0.2) is 0 Å². The van der Waals surface area contributed by atoms with E-state index in [-0.39, 0.29) is 24.0 Å². The van der Waals surface area contributed by atoms with Crippen molar-refractivity contribution in [3.63, 3.8) is 0 Å². The molecule has 1 aliphatic heterocycles.